The summed E-state index contributed by atoms with van der Waals surface area (Å²) in [6.45, 7) is 4.51. The molecule has 1 aliphatic carbocycles. The number of aliphatic imine (C=N–C) groups is 1. The van der Waals surface area contributed by atoms with Gasteiger partial charge in [-0.3, -0.25) is 4.99 Å². The monoisotopic (exact) mass is 338 g/mol. The summed E-state index contributed by atoms with van der Waals surface area (Å²) in [5.74, 6) is 0.993. The van der Waals surface area contributed by atoms with Gasteiger partial charge in [0.1, 0.15) is 0 Å². The molecular formula is C19H25F3N2. The SMILES string of the molecule is C/C=C(\N=C(C)C1CCC(CN)CC1)c1cccc(C(F)(F)F)c1. The van der Waals surface area contributed by atoms with Gasteiger partial charge in [0.25, 0.3) is 0 Å². The Balaban J connectivity index is 2.17. The first-order valence-electron chi connectivity index (χ1n) is 8.44. The normalized spacial score (nSPS) is 23.4. The van der Waals surface area contributed by atoms with Crippen LogP contribution in [0.5, 0.6) is 0 Å². The van der Waals surface area contributed by atoms with Gasteiger partial charge < -0.3 is 5.73 Å². The van der Waals surface area contributed by atoms with E-state index in [1.54, 1.807) is 19.1 Å². The van der Waals surface area contributed by atoms with Gasteiger partial charge in [-0.25, -0.2) is 0 Å². The van der Waals surface area contributed by atoms with Crippen molar-refractivity contribution in [2.45, 2.75) is 45.7 Å². The Morgan fingerprint density at radius 2 is 1.92 bits per heavy atom. The van der Waals surface area contributed by atoms with Gasteiger partial charge in [-0.05, 0) is 70.0 Å². The van der Waals surface area contributed by atoms with Crippen LogP contribution in [0, 0.1) is 11.8 Å². The van der Waals surface area contributed by atoms with Crippen LogP contribution in [0.15, 0.2) is 35.3 Å². The van der Waals surface area contributed by atoms with Gasteiger partial charge in [-0.1, -0.05) is 18.2 Å². The Morgan fingerprint density at radius 3 is 2.46 bits per heavy atom. The second-order valence-corrected chi connectivity index (χ2v) is 6.46. The van der Waals surface area contributed by atoms with E-state index in [4.69, 9.17) is 5.73 Å². The summed E-state index contributed by atoms with van der Waals surface area (Å²) in [5, 5.41) is 0. The highest BCUT2D eigenvalue weighted by atomic mass is 19.4. The summed E-state index contributed by atoms with van der Waals surface area (Å²) in [7, 11) is 0. The van der Waals surface area contributed by atoms with E-state index in [1.807, 2.05) is 6.92 Å². The predicted molar refractivity (Wildman–Crippen MR) is 92.7 cm³/mol. The van der Waals surface area contributed by atoms with E-state index in [2.05, 4.69) is 4.99 Å². The van der Waals surface area contributed by atoms with Crippen molar-refractivity contribution < 1.29 is 13.2 Å². The van der Waals surface area contributed by atoms with Crippen LogP contribution in [0.1, 0.15) is 50.7 Å². The molecule has 1 aromatic carbocycles. The highest BCUT2D eigenvalue weighted by molar-refractivity contribution is 5.89. The fourth-order valence-electron chi connectivity index (χ4n) is 3.25. The predicted octanol–water partition coefficient (Wildman–Crippen LogP) is 5.29. The van der Waals surface area contributed by atoms with Crippen molar-refractivity contribution in [3.8, 4) is 0 Å². The minimum Gasteiger partial charge on any atom is -0.330 e. The van der Waals surface area contributed by atoms with Gasteiger partial charge >= 0.3 is 6.18 Å². The number of rotatable bonds is 4. The Labute approximate surface area is 141 Å². The van der Waals surface area contributed by atoms with Gasteiger partial charge in [-0.15, -0.1) is 0 Å². The number of benzene rings is 1. The number of nitrogens with zero attached hydrogens (tertiary/aromatic N) is 1. The summed E-state index contributed by atoms with van der Waals surface area (Å²) in [4.78, 5) is 4.64. The summed E-state index contributed by atoms with van der Waals surface area (Å²) >= 11 is 0. The Kier molecular flexibility index (Phi) is 6.21. The molecule has 2 nitrogen and oxygen atoms in total. The van der Waals surface area contributed by atoms with Gasteiger partial charge in [0.05, 0.1) is 11.3 Å². The van der Waals surface area contributed by atoms with Gasteiger partial charge in [-0.2, -0.15) is 13.2 Å². The number of hydrogen-bond acceptors (Lipinski definition) is 2. The van der Waals surface area contributed by atoms with E-state index in [0.29, 0.717) is 23.1 Å². The standard InChI is InChI=1S/C19H25F3N2/c1-3-18(16-5-4-6-17(11-16)19(20,21)22)24-13(2)15-9-7-14(12-23)8-10-15/h3-6,11,14-15H,7-10,12,23H2,1-2H3/b18-3-,24-13?. The van der Waals surface area contributed by atoms with Crippen LogP contribution in [0.4, 0.5) is 13.2 Å². The molecule has 0 aromatic heterocycles. The minimum atomic E-state index is -4.34. The molecule has 24 heavy (non-hydrogen) atoms. The maximum atomic E-state index is 12.9. The molecule has 0 unspecified atom stereocenters. The van der Waals surface area contributed by atoms with Crippen LogP contribution in [0.2, 0.25) is 0 Å². The molecule has 0 aliphatic heterocycles. The lowest BCUT2D eigenvalue weighted by Gasteiger charge is -2.27. The molecule has 1 aliphatic rings. The molecule has 0 saturated heterocycles. The summed E-state index contributed by atoms with van der Waals surface area (Å²) in [6.07, 6.45) is 1.73. The highest BCUT2D eigenvalue weighted by Crippen LogP contribution is 2.33. The zero-order valence-electron chi connectivity index (χ0n) is 14.2. The fourth-order valence-corrected chi connectivity index (χ4v) is 3.25. The van der Waals surface area contributed by atoms with Crippen LogP contribution < -0.4 is 5.73 Å². The molecule has 1 saturated carbocycles. The largest absolute Gasteiger partial charge is 0.416 e. The van der Waals surface area contributed by atoms with Crippen LogP contribution in [0.25, 0.3) is 5.70 Å². The molecule has 0 amide bonds. The van der Waals surface area contributed by atoms with Crippen molar-refractivity contribution in [2.24, 2.45) is 22.6 Å². The van der Waals surface area contributed by atoms with Crippen LogP contribution in [-0.4, -0.2) is 12.3 Å². The van der Waals surface area contributed by atoms with E-state index in [9.17, 15) is 13.2 Å². The topological polar surface area (TPSA) is 38.4 Å². The first-order valence-corrected chi connectivity index (χ1v) is 8.44. The maximum Gasteiger partial charge on any atom is 0.416 e. The van der Waals surface area contributed by atoms with E-state index < -0.39 is 11.7 Å². The summed E-state index contributed by atoms with van der Waals surface area (Å²) < 4.78 is 38.7. The third kappa shape index (κ3) is 4.69. The average Bonchev–Trinajstić information content (AvgIpc) is 2.59. The molecule has 2 N–H and O–H groups in total. The first-order chi connectivity index (χ1) is 11.3. The summed E-state index contributed by atoms with van der Waals surface area (Å²) in [5.41, 5.74) is 7.17. The number of alkyl halides is 3. The van der Waals surface area contributed by atoms with Crippen molar-refractivity contribution in [3.05, 3.63) is 41.5 Å². The Morgan fingerprint density at radius 1 is 1.25 bits per heavy atom. The number of halogens is 3. The quantitative estimate of drug-likeness (QED) is 0.744. The molecule has 0 heterocycles. The van der Waals surface area contributed by atoms with Crippen LogP contribution in [-0.2, 0) is 6.18 Å². The molecule has 2 rings (SSSR count). The third-order valence-corrected chi connectivity index (χ3v) is 4.83. The second kappa shape index (κ2) is 7.97. The zero-order valence-corrected chi connectivity index (χ0v) is 14.2. The van der Waals surface area contributed by atoms with Crippen LogP contribution >= 0.6 is 0 Å². The Bertz CT molecular complexity index is 609. The number of allylic oxidation sites excluding steroid dienone is 1. The molecule has 0 atom stereocenters. The third-order valence-electron chi connectivity index (χ3n) is 4.83. The van der Waals surface area contributed by atoms with Crippen molar-refractivity contribution in [1.29, 1.82) is 0 Å². The molecule has 0 radical (unpaired) electrons. The minimum absolute atomic E-state index is 0.397. The Hall–Kier alpha value is -1.62. The first kappa shape index (κ1) is 18.7. The number of nitrogens with two attached hydrogens (primary N) is 1. The molecule has 0 bridgehead atoms. The molecular weight excluding hydrogens is 313 g/mol. The van der Waals surface area contributed by atoms with Gasteiger partial charge in [0, 0.05) is 11.3 Å². The van der Waals surface area contributed by atoms with Crippen LogP contribution in [0.3, 0.4) is 0 Å². The van der Waals surface area contributed by atoms with Crippen molar-refractivity contribution in [3.63, 3.8) is 0 Å². The second-order valence-electron chi connectivity index (χ2n) is 6.46. The van der Waals surface area contributed by atoms with Gasteiger partial charge in [0.15, 0.2) is 0 Å². The van der Waals surface area contributed by atoms with Crippen molar-refractivity contribution in [1.82, 2.24) is 0 Å². The van der Waals surface area contributed by atoms with E-state index >= 15 is 0 Å². The highest BCUT2D eigenvalue weighted by Gasteiger charge is 2.30. The van der Waals surface area contributed by atoms with Crippen molar-refractivity contribution in [2.75, 3.05) is 6.54 Å². The lowest BCUT2D eigenvalue weighted by molar-refractivity contribution is -0.137. The molecule has 5 heteroatoms. The average molecular weight is 338 g/mol. The van der Waals surface area contributed by atoms with E-state index in [1.165, 1.54) is 6.07 Å². The van der Waals surface area contributed by atoms with E-state index in [-0.39, 0.29) is 0 Å². The lowest BCUT2D eigenvalue weighted by atomic mass is 9.80. The van der Waals surface area contributed by atoms with Crippen molar-refractivity contribution >= 4 is 11.4 Å². The lowest BCUT2D eigenvalue weighted by Crippen LogP contribution is -2.24. The molecule has 1 aromatic rings. The van der Waals surface area contributed by atoms with Gasteiger partial charge in [0.2, 0.25) is 0 Å². The molecule has 0 spiro atoms. The number of hydrogen-bond donors (Lipinski definition) is 1. The fraction of sp³-hybridized carbons (Fsp3) is 0.526. The maximum absolute atomic E-state index is 12.9. The molecule has 132 valence electrons. The van der Waals surface area contributed by atoms with E-state index in [0.717, 1.165) is 50.1 Å². The zero-order chi connectivity index (χ0) is 17.7. The smallest absolute Gasteiger partial charge is 0.330 e. The summed E-state index contributed by atoms with van der Waals surface area (Å²) in [6, 6.07) is 5.35. The molecule has 1 fully saturated rings.